The molecule has 0 saturated carbocycles. The first-order chi connectivity index (χ1) is 15.0. The van der Waals surface area contributed by atoms with Gasteiger partial charge in [-0.1, -0.05) is 36.8 Å². The van der Waals surface area contributed by atoms with E-state index in [1.54, 1.807) is 23.0 Å². The lowest BCUT2D eigenvalue weighted by molar-refractivity contribution is 0.384. The number of ether oxygens (including phenoxy) is 1. The highest BCUT2D eigenvalue weighted by Gasteiger charge is 2.20. The fourth-order valence-electron chi connectivity index (χ4n) is 3.42. The Morgan fingerprint density at radius 1 is 1.26 bits per heavy atom. The van der Waals surface area contributed by atoms with Crippen LogP contribution in [0, 0.1) is 6.92 Å². The van der Waals surface area contributed by atoms with Gasteiger partial charge in [-0.15, -0.1) is 11.3 Å². The summed E-state index contributed by atoms with van der Waals surface area (Å²) in [6.07, 6.45) is 2.61. The number of benzene rings is 1. The van der Waals surface area contributed by atoms with Crippen LogP contribution in [0.15, 0.2) is 38.7 Å². The Morgan fingerprint density at radius 3 is 2.84 bits per heavy atom. The van der Waals surface area contributed by atoms with Crippen LogP contribution in [0.1, 0.15) is 42.4 Å². The van der Waals surface area contributed by atoms with Gasteiger partial charge in [0.05, 0.1) is 23.9 Å². The molecular weight excluding hydrogens is 432 g/mol. The van der Waals surface area contributed by atoms with Crippen molar-refractivity contribution in [3.63, 3.8) is 0 Å². The third-order valence-electron chi connectivity index (χ3n) is 4.97. The zero-order valence-corrected chi connectivity index (χ0v) is 19.6. The van der Waals surface area contributed by atoms with Crippen molar-refractivity contribution in [2.24, 2.45) is 0 Å². The van der Waals surface area contributed by atoms with Crippen molar-refractivity contribution in [3.8, 4) is 11.4 Å². The Balaban J connectivity index is 1.82. The van der Waals surface area contributed by atoms with E-state index < -0.39 is 0 Å². The zero-order chi connectivity index (χ0) is 22.0. The van der Waals surface area contributed by atoms with Gasteiger partial charge < -0.3 is 9.26 Å². The van der Waals surface area contributed by atoms with Gasteiger partial charge in [0.15, 0.2) is 11.0 Å². The number of thioether (sulfide) groups is 1. The van der Waals surface area contributed by atoms with Crippen molar-refractivity contribution in [1.82, 2.24) is 19.7 Å². The van der Waals surface area contributed by atoms with E-state index in [0.717, 1.165) is 29.7 Å². The fourth-order valence-corrected chi connectivity index (χ4v) is 5.43. The minimum atomic E-state index is -0.0774. The summed E-state index contributed by atoms with van der Waals surface area (Å²) in [6, 6.07) is 7.45. The van der Waals surface area contributed by atoms with Gasteiger partial charge in [-0.05, 0) is 37.5 Å². The molecule has 0 N–H and O–H groups in total. The maximum absolute atomic E-state index is 13.6. The normalized spacial score (nSPS) is 11.4. The molecule has 0 atom stereocenters. The second-order valence-corrected chi connectivity index (χ2v) is 9.09. The molecule has 162 valence electrons. The van der Waals surface area contributed by atoms with E-state index in [1.807, 2.05) is 31.2 Å². The number of thiophene rings is 1. The lowest BCUT2D eigenvalue weighted by Crippen LogP contribution is -2.21. The predicted molar refractivity (Wildman–Crippen MR) is 124 cm³/mol. The van der Waals surface area contributed by atoms with Crippen molar-refractivity contribution in [2.75, 3.05) is 7.11 Å². The van der Waals surface area contributed by atoms with Crippen LogP contribution in [0.25, 0.3) is 15.9 Å². The molecule has 3 heterocycles. The van der Waals surface area contributed by atoms with E-state index in [2.05, 4.69) is 24.0 Å². The lowest BCUT2D eigenvalue weighted by atomic mass is 10.2. The topological polar surface area (TPSA) is 83.0 Å². The molecule has 3 aromatic heterocycles. The molecule has 0 bridgehead atoms. The highest BCUT2D eigenvalue weighted by Crippen LogP contribution is 2.31. The molecule has 0 unspecified atom stereocenters. The summed E-state index contributed by atoms with van der Waals surface area (Å²) in [4.78, 5) is 24.9. The molecule has 0 radical (unpaired) electrons. The Kier molecular flexibility index (Phi) is 6.43. The molecule has 0 aliphatic heterocycles. The number of nitrogens with zero attached hydrogens (tertiary/aromatic N) is 4. The van der Waals surface area contributed by atoms with E-state index >= 15 is 0 Å². The van der Waals surface area contributed by atoms with Gasteiger partial charge in [0.1, 0.15) is 10.6 Å². The van der Waals surface area contributed by atoms with Crippen molar-refractivity contribution in [3.05, 3.63) is 56.8 Å². The van der Waals surface area contributed by atoms with Crippen LogP contribution in [0.3, 0.4) is 0 Å². The molecule has 0 fully saturated rings. The average Bonchev–Trinajstić information content (AvgIpc) is 3.36. The number of hydrogen-bond donors (Lipinski definition) is 0. The van der Waals surface area contributed by atoms with Crippen LogP contribution < -0.4 is 10.3 Å². The summed E-state index contributed by atoms with van der Waals surface area (Å²) >= 11 is 3.00. The monoisotopic (exact) mass is 456 g/mol. The molecule has 1 aromatic carbocycles. The molecule has 4 aromatic rings. The van der Waals surface area contributed by atoms with Crippen LogP contribution in [-0.2, 0) is 18.6 Å². The van der Waals surface area contributed by atoms with Gasteiger partial charge in [-0.25, -0.2) is 4.98 Å². The van der Waals surface area contributed by atoms with Crippen molar-refractivity contribution >= 4 is 33.3 Å². The first-order valence-corrected chi connectivity index (χ1v) is 12.0. The van der Waals surface area contributed by atoms with Gasteiger partial charge in [-0.3, -0.25) is 9.36 Å². The summed E-state index contributed by atoms with van der Waals surface area (Å²) < 4.78 is 12.4. The van der Waals surface area contributed by atoms with Crippen molar-refractivity contribution in [2.45, 2.75) is 50.9 Å². The molecule has 4 rings (SSSR count). The molecule has 7 nitrogen and oxygen atoms in total. The molecular formula is C22H24N4O3S2. The van der Waals surface area contributed by atoms with Gasteiger partial charge in [0.2, 0.25) is 5.89 Å². The maximum Gasteiger partial charge on any atom is 0.267 e. The molecule has 0 aliphatic rings. The minimum absolute atomic E-state index is 0.0774. The number of rotatable bonds is 8. The van der Waals surface area contributed by atoms with E-state index in [4.69, 9.17) is 14.2 Å². The number of aryl methyl sites for hydroxylation is 3. The minimum Gasteiger partial charge on any atom is -0.497 e. The first-order valence-electron chi connectivity index (χ1n) is 10.2. The molecule has 31 heavy (non-hydrogen) atoms. The number of methoxy groups -OCH3 is 1. The predicted octanol–water partition coefficient (Wildman–Crippen LogP) is 4.95. The Bertz CT molecular complexity index is 1280. The van der Waals surface area contributed by atoms with Gasteiger partial charge in [-0.2, -0.15) is 4.98 Å². The summed E-state index contributed by atoms with van der Waals surface area (Å²) in [5, 5.41) is 5.28. The highest BCUT2D eigenvalue weighted by atomic mass is 32.2. The van der Waals surface area contributed by atoms with Crippen LogP contribution in [-0.4, -0.2) is 26.8 Å². The smallest absolute Gasteiger partial charge is 0.267 e. The zero-order valence-electron chi connectivity index (χ0n) is 18.0. The summed E-state index contributed by atoms with van der Waals surface area (Å²) in [5.41, 5.74) is 1.64. The van der Waals surface area contributed by atoms with Crippen LogP contribution in [0.2, 0.25) is 0 Å². The molecule has 9 heteroatoms. The van der Waals surface area contributed by atoms with Crippen LogP contribution in [0.4, 0.5) is 0 Å². The summed E-state index contributed by atoms with van der Waals surface area (Å²) in [7, 11) is 1.61. The van der Waals surface area contributed by atoms with Crippen LogP contribution in [0.5, 0.6) is 5.75 Å². The number of aromatic nitrogens is 4. The first kappa shape index (κ1) is 21.6. The van der Waals surface area contributed by atoms with Gasteiger partial charge >= 0.3 is 0 Å². The van der Waals surface area contributed by atoms with E-state index in [0.29, 0.717) is 39.4 Å². The number of hydrogen-bond acceptors (Lipinski definition) is 8. The average molecular weight is 457 g/mol. The van der Waals surface area contributed by atoms with E-state index in [9.17, 15) is 4.79 Å². The summed E-state index contributed by atoms with van der Waals surface area (Å²) in [5.74, 6) is 2.34. The Labute approximate surface area is 188 Å². The third-order valence-corrected chi connectivity index (χ3v) is 7.23. The molecule has 0 saturated heterocycles. The maximum atomic E-state index is 13.6. The van der Waals surface area contributed by atoms with Crippen molar-refractivity contribution in [1.29, 1.82) is 0 Å². The second-order valence-electron chi connectivity index (χ2n) is 7.06. The quantitative estimate of drug-likeness (QED) is 0.274. The van der Waals surface area contributed by atoms with Crippen LogP contribution >= 0.6 is 23.1 Å². The van der Waals surface area contributed by atoms with Crippen molar-refractivity contribution < 1.29 is 9.26 Å². The summed E-state index contributed by atoms with van der Waals surface area (Å²) in [6.45, 7) is 6.17. The molecule has 0 amide bonds. The fraction of sp³-hybridized carbons (Fsp3) is 0.364. The SMILES string of the molecule is CCCc1noc(CSc2nc3sc(CC)c(C)c3c(=O)n2-c2cccc(OC)c2)n1. The lowest BCUT2D eigenvalue weighted by Gasteiger charge is -2.12. The number of fused-ring (bicyclic) bond motifs is 1. The highest BCUT2D eigenvalue weighted by molar-refractivity contribution is 7.98. The van der Waals surface area contributed by atoms with Gasteiger partial charge in [0, 0.05) is 17.4 Å². The largest absolute Gasteiger partial charge is 0.497 e. The van der Waals surface area contributed by atoms with Gasteiger partial charge in [0.25, 0.3) is 5.56 Å². The third kappa shape index (κ3) is 4.24. The standard InChI is InChI=1S/C22H24N4O3S2/c1-5-8-17-23-18(29-25-17)12-30-22-24-20-19(13(3)16(6-2)31-20)21(27)26(22)14-9-7-10-15(11-14)28-4/h7,9-11H,5-6,8,12H2,1-4H3. The Hall–Kier alpha value is -2.65. The Morgan fingerprint density at radius 2 is 2.10 bits per heavy atom. The molecule has 0 spiro atoms. The molecule has 0 aliphatic carbocycles. The van der Waals surface area contributed by atoms with E-state index in [-0.39, 0.29) is 5.56 Å². The van der Waals surface area contributed by atoms with E-state index in [1.165, 1.54) is 16.6 Å². The second kappa shape index (κ2) is 9.23.